The van der Waals surface area contributed by atoms with E-state index >= 15 is 0 Å². The fourth-order valence-corrected chi connectivity index (χ4v) is 2.80. The second-order valence-corrected chi connectivity index (χ2v) is 6.24. The van der Waals surface area contributed by atoms with Crippen LogP contribution in [0.15, 0.2) is 96.6 Å². The molecule has 0 unspecified atom stereocenters. The van der Waals surface area contributed by atoms with E-state index in [1.165, 1.54) is 0 Å². The highest BCUT2D eigenvalue weighted by Crippen LogP contribution is 2.26. The van der Waals surface area contributed by atoms with E-state index in [9.17, 15) is 14.4 Å². The highest BCUT2D eigenvalue weighted by molar-refractivity contribution is 6.28. The minimum atomic E-state index is -0.855. The molecule has 0 fully saturated rings. The van der Waals surface area contributed by atoms with Crippen molar-refractivity contribution in [3.8, 4) is 0 Å². The van der Waals surface area contributed by atoms with Crippen LogP contribution in [-0.4, -0.2) is 24.3 Å². The fraction of sp³-hybridized carbons (Fsp3) is 0.0800. The highest BCUT2D eigenvalue weighted by Gasteiger charge is 2.29. The Morgan fingerprint density at radius 3 is 1.63 bits per heavy atom. The van der Waals surface area contributed by atoms with Gasteiger partial charge in [-0.3, -0.25) is 4.79 Å². The van der Waals surface area contributed by atoms with Gasteiger partial charge in [0.1, 0.15) is 0 Å². The third-order valence-corrected chi connectivity index (χ3v) is 4.21. The van der Waals surface area contributed by atoms with E-state index in [0.717, 1.165) is 0 Å². The average molecular weight is 400 g/mol. The van der Waals surface area contributed by atoms with Gasteiger partial charge in [0.2, 0.25) is 5.78 Å². The summed E-state index contributed by atoms with van der Waals surface area (Å²) in [7, 11) is 0. The second-order valence-electron chi connectivity index (χ2n) is 6.24. The molecule has 5 nitrogen and oxygen atoms in total. The molecule has 0 bridgehead atoms. The Morgan fingerprint density at radius 2 is 1.13 bits per heavy atom. The summed E-state index contributed by atoms with van der Waals surface area (Å²) in [4.78, 5) is 38.8. The van der Waals surface area contributed by atoms with Crippen LogP contribution in [0.1, 0.15) is 33.2 Å². The van der Waals surface area contributed by atoms with Gasteiger partial charge in [0.15, 0.2) is 11.3 Å². The van der Waals surface area contributed by atoms with Crippen molar-refractivity contribution in [2.45, 2.75) is 6.92 Å². The van der Waals surface area contributed by atoms with Gasteiger partial charge in [0, 0.05) is 11.1 Å². The predicted molar refractivity (Wildman–Crippen MR) is 113 cm³/mol. The first-order valence-corrected chi connectivity index (χ1v) is 9.45. The second kappa shape index (κ2) is 9.98. The van der Waals surface area contributed by atoms with E-state index in [-0.39, 0.29) is 23.5 Å². The molecule has 3 aromatic carbocycles. The van der Waals surface area contributed by atoms with Gasteiger partial charge in [0.05, 0.1) is 12.2 Å². The van der Waals surface area contributed by atoms with Crippen LogP contribution in [0.3, 0.4) is 0 Å². The molecule has 150 valence electrons. The van der Waals surface area contributed by atoms with Crippen molar-refractivity contribution in [2.24, 2.45) is 0 Å². The number of ketones is 1. The lowest BCUT2D eigenvalue weighted by molar-refractivity contribution is -0.138. The summed E-state index contributed by atoms with van der Waals surface area (Å²) in [5.41, 5.74) is 0.652. The zero-order valence-corrected chi connectivity index (χ0v) is 16.4. The maximum atomic E-state index is 13.2. The van der Waals surface area contributed by atoms with Gasteiger partial charge in [0.25, 0.3) is 0 Å². The van der Waals surface area contributed by atoms with Crippen molar-refractivity contribution < 1.29 is 23.9 Å². The van der Waals surface area contributed by atoms with Crippen molar-refractivity contribution in [1.29, 1.82) is 0 Å². The first-order valence-electron chi connectivity index (χ1n) is 9.45. The number of rotatable bonds is 7. The van der Waals surface area contributed by atoms with Gasteiger partial charge in [-0.1, -0.05) is 78.9 Å². The maximum absolute atomic E-state index is 13.2. The van der Waals surface area contributed by atoms with Crippen LogP contribution in [0.5, 0.6) is 0 Å². The Kier molecular flexibility index (Phi) is 6.90. The fourth-order valence-electron chi connectivity index (χ4n) is 2.80. The van der Waals surface area contributed by atoms with E-state index in [2.05, 4.69) is 0 Å². The van der Waals surface area contributed by atoms with Crippen LogP contribution < -0.4 is 0 Å². The van der Waals surface area contributed by atoms with Crippen LogP contribution in [0, 0.1) is 0 Å². The van der Waals surface area contributed by atoms with Gasteiger partial charge >= 0.3 is 11.9 Å². The lowest BCUT2D eigenvalue weighted by atomic mass is 9.99. The number of carbonyl (C=O) groups excluding carboxylic acids is 3. The maximum Gasteiger partial charge on any atom is 0.346 e. The van der Waals surface area contributed by atoms with E-state index < -0.39 is 17.7 Å². The molecule has 0 N–H and O–H groups in total. The highest BCUT2D eigenvalue weighted by atomic mass is 16.5. The van der Waals surface area contributed by atoms with Crippen LogP contribution in [0.4, 0.5) is 0 Å². The number of hydrogen-bond acceptors (Lipinski definition) is 5. The number of ether oxygens (including phenoxy) is 2. The van der Waals surface area contributed by atoms with Gasteiger partial charge < -0.3 is 9.47 Å². The van der Waals surface area contributed by atoms with Crippen LogP contribution >= 0.6 is 0 Å². The molecule has 0 heterocycles. The van der Waals surface area contributed by atoms with Crippen LogP contribution in [0.25, 0.3) is 5.76 Å². The van der Waals surface area contributed by atoms with Gasteiger partial charge in [-0.15, -0.1) is 0 Å². The molecule has 0 spiro atoms. The van der Waals surface area contributed by atoms with E-state index in [1.54, 1.807) is 97.9 Å². The monoisotopic (exact) mass is 400 g/mol. The molecule has 0 aliphatic rings. The number of Topliss-reactive ketones (excluding diaryl/α,β-unsaturated/α-hetero) is 1. The first kappa shape index (κ1) is 20.7. The van der Waals surface area contributed by atoms with Gasteiger partial charge in [-0.25, -0.2) is 9.59 Å². The van der Waals surface area contributed by atoms with Crippen LogP contribution in [0.2, 0.25) is 0 Å². The molecule has 0 saturated carbocycles. The van der Waals surface area contributed by atoms with E-state index in [0.29, 0.717) is 11.1 Å². The molecule has 3 aromatic rings. The Morgan fingerprint density at radius 1 is 0.667 bits per heavy atom. The molecular weight excluding hydrogens is 380 g/mol. The Balaban J connectivity index is 2.16. The average Bonchev–Trinajstić information content (AvgIpc) is 2.80. The summed E-state index contributed by atoms with van der Waals surface area (Å²) in [5, 5.41) is 0. The zero-order valence-electron chi connectivity index (χ0n) is 16.4. The lowest BCUT2D eigenvalue weighted by Crippen LogP contribution is -2.20. The Hall–Kier alpha value is -3.99. The molecular formula is C25H20O5. The summed E-state index contributed by atoms with van der Waals surface area (Å²) in [6.45, 7) is 1.71. The standard InChI is InChI=1S/C25H20O5/c1-2-29-25(28)21(22(26)18-12-6-3-7-13-18)23(19-14-8-4-9-15-19)30-24(27)20-16-10-5-11-17-20/h3-17H,2H2,1H3/b23-21-. The van der Waals surface area contributed by atoms with Gasteiger partial charge in [-0.05, 0) is 19.1 Å². The minimum Gasteiger partial charge on any atom is -0.462 e. The SMILES string of the molecule is CCOC(=O)/C(C(=O)c1ccccc1)=C(\OC(=O)c1ccccc1)c1ccccc1. The van der Waals surface area contributed by atoms with Crippen molar-refractivity contribution in [3.05, 3.63) is 113 Å². The largest absolute Gasteiger partial charge is 0.462 e. The summed E-state index contributed by atoms with van der Waals surface area (Å²) in [6.07, 6.45) is 0. The molecule has 0 radical (unpaired) electrons. The summed E-state index contributed by atoms with van der Waals surface area (Å²) in [5.74, 6) is -2.27. The molecule has 0 amide bonds. The number of benzene rings is 3. The third kappa shape index (κ3) is 4.89. The lowest BCUT2D eigenvalue weighted by Gasteiger charge is -2.15. The van der Waals surface area contributed by atoms with Crippen molar-refractivity contribution in [3.63, 3.8) is 0 Å². The summed E-state index contributed by atoms with van der Waals surface area (Å²) >= 11 is 0. The molecule has 0 aliphatic carbocycles. The molecule has 0 aliphatic heterocycles. The molecule has 5 heteroatoms. The number of esters is 2. The molecule has 30 heavy (non-hydrogen) atoms. The smallest absolute Gasteiger partial charge is 0.346 e. The predicted octanol–water partition coefficient (Wildman–Crippen LogP) is 4.70. The quantitative estimate of drug-likeness (QED) is 0.144. The normalized spacial score (nSPS) is 11.2. The summed E-state index contributed by atoms with van der Waals surface area (Å²) in [6, 6.07) is 25.2. The number of carbonyl (C=O) groups is 3. The van der Waals surface area contributed by atoms with Crippen LogP contribution in [-0.2, 0) is 14.3 Å². The summed E-state index contributed by atoms with van der Waals surface area (Å²) < 4.78 is 10.7. The Labute approximate surface area is 174 Å². The minimum absolute atomic E-state index is 0.0686. The van der Waals surface area contributed by atoms with Crippen molar-refractivity contribution in [2.75, 3.05) is 6.61 Å². The molecule has 0 aromatic heterocycles. The van der Waals surface area contributed by atoms with E-state index in [4.69, 9.17) is 9.47 Å². The zero-order chi connectivity index (χ0) is 21.3. The van der Waals surface area contributed by atoms with Crippen molar-refractivity contribution in [1.82, 2.24) is 0 Å². The molecule has 3 rings (SSSR count). The Bertz CT molecular complexity index is 1050. The molecule has 0 saturated heterocycles. The number of hydrogen-bond donors (Lipinski definition) is 0. The van der Waals surface area contributed by atoms with Crippen molar-refractivity contribution >= 4 is 23.5 Å². The molecule has 0 atom stereocenters. The first-order chi connectivity index (χ1) is 14.6. The van der Waals surface area contributed by atoms with Gasteiger partial charge in [-0.2, -0.15) is 0 Å². The van der Waals surface area contributed by atoms with E-state index in [1.807, 2.05) is 0 Å². The third-order valence-electron chi connectivity index (χ3n) is 4.21. The topological polar surface area (TPSA) is 69.7 Å².